The molecule has 19 heavy (non-hydrogen) atoms. The minimum atomic E-state index is -3.76. The number of nitrogen functional groups attached to an aromatic ring is 1. The molecule has 0 aliphatic carbocycles. The molecular formula is C12H15FN2O2S2. The van der Waals surface area contributed by atoms with Gasteiger partial charge in [0.1, 0.15) is 5.82 Å². The Bertz CT molecular complexity index is 594. The Hall–Kier alpha value is -1.23. The summed E-state index contributed by atoms with van der Waals surface area (Å²) in [6.07, 6.45) is 5.08. The van der Waals surface area contributed by atoms with Gasteiger partial charge in [-0.1, -0.05) is 5.92 Å². The minimum absolute atomic E-state index is 0.0537. The third kappa shape index (κ3) is 4.42. The number of benzene rings is 1. The molecule has 1 rings (SSSR count). The van der Waals surface area contributed by atoms with E-state index in [1.807, 2.05) is 0 Å². The Kier molecular flexibility index (Phi) is 5.66. The van der Waals surface area contributed by atoms with Crippen LogP contribution in [0.15, 0.2) is 17.0 Å². The van der Waals surface area contributed by atoms with Crippen LogP contribution in [0.25, 0.3) is 0 Å². The van der Waals surface area contributed by atoms with E-state index < -0.39 is 15.8 Å². The maximum Gasteiger partial charge on any atom is 0.241 e. The Morgan fingerprint density at radius 1 is 1.53 bits per heavy atom. The molecule has 0 heterocycles. The fourth-order valence-corrected chi connectivity index (χ4v) is 3.37. The Labute approximate surface area is 117 Å². The van der Waals surface area contributed by atoms with Crippen molar-refractivity contribution in [2.45, 2.75) is 11.8 Å². The number of anilines is 1. The van der Waals surface area contributed by atoms with E-state index in [1.54, 1.807) is 0 Å². The van der Waals surface area contributed by atoms with Gasteiger partial charge in [0.2, 0.25) is 10.0 Å². The van der Waals surface area contributed by atoms with E-state index in [0.29, 0.717) is 11.5 Å². The number of terminal acetylenes is 1. The summed E-state index contributed by atoms with van der Waals surface area (Å²) in [4.78, 5) is -0.132. The third-order valence-corrected chi connectivity index (χ3v) is 4.78. The van der Waals surface area contributed by atoms with Gasteiger partial charge in [-0.05, 0) is 19.1 Å². The maximum absolute atomic E-state index is 13.5. The molecule has 4 nitrogen and oxygen atoms in total. The van der Waals surface area contributed by atoms with Crippen molar-refractivity contribution in [1.82, 2.24) is 4.72 Å². The minimum Gasteiger partial charge on any atom is -0.399 e. The van der Waals surface area contributed by atoms with E-state index in [4.69, 9.17) is 12.2 Å². The van der Waals surface area contributed by atoms with Gasteiger partial charge in [0.05, 0.1) is 10.6 Å². The number of sulfonamides is 1. The van der Waals surface area contributed by atoms with Gasteiger partial charge in [-0.2, -0.15) is 0 Å². The molecule has 104 valence electrons. The fourth-order valence-electron chi connectivity index (χ4n) is 1.41. The van der Waals surface area contributed by atoms with Crippen molar-refractivity contribution >= 4 is 27.5 Å². The van der Waals surface area contributed by atoms with Gasteiger partial charge in [-0.15, -0.1) is 18.2 Å². The number of thioether (sulfide) groups is 1. The lowest BCUT2D eigenvalue weighted by atomic mass is 10.2. The molecular weight excluding hydrogens is 287 g/mol. The molecule has 3 N–H and O–H groups in total. The molecule has 0 saturated heterocycles. The van der Waals surface area contributed by atoms with E-state index in [2.05, 4.69) is 10.6 Å². The number of halogens is 1. The second-order valence-corrected chi connectivity index (χ2v) is 6.62. The smallest absolute Gasteiger partial charge is 0.241 e. The summed E-state index contributed by atoms with van der Waals surface area (Å²) in [5.74, 6) is 2.87. The Morgan fingerprint density at radius 2 is 2.21 bits per heavy atom. The SMILES string of the molecule is C#CCSCCNS(=O)(=O)c1cc(N)cc(F)c1C. The van der Waals surface area contributed by atoms with Crippen molar-refractivity contribution < 1.29 is 12.8 Å². The van der Waals surface area contributed by atoms with Crippen molar-refractivity contribution in [3.63, 3.8) is 0 Å². The van der Waals surface area contributed by atoms with Gasteiger partial charge in [0.15, 0.2) is 0 Å². The zero-order valence-electron chi connectivity index (χ0n) is 10.4. The van der Waals surface area contributed by atoms with E-state index in [-0.39, 0.29) is 22.7 Å². The second kappa shape index (κ2) is 6.80. The quantitative estimate of drug-likeness (QED) is 0.473. The molecule has 0 aliphatic rings. The lowest BCUT2D eigenvalue weighted by Gasteiger charge is -2.10. The van der Waals surface area contributed by atoms with Crippen LogP contribution >= 0.6 is 11.8 Å². The van der Waals surface area contributed by atoms with Crippen molar-refractivity contribution in [3.8, 4) is 12.3 Å². The molecule has 0 bridgehead atoms. The van der Waals surface area contributed by atoms with Gasteiger partial charge >= 0.3 is 0 Å². The van der Waals surface area contributed by atoms with Crippen LogP contribution in [-0.2, 0) is 10.0 Å². The highest BCUT2D eigenvalue weighted by atomic mass is 32.2. The largest absolute Gasteiger partial charge is 0.399 e. The number of hydrogen-bond donors (Lipinski definition) is 2. The molecule has 0 saturated carbocycles. The van der Waals surface area contributed by atoms with Crippen LogP contribution < -0.4 is 10.5 Å². The number of nitrogens with two attached hydrogens (primary N) is 1. The Balaban J connectivity index is 2.81. The predicted molar refractivity (Wildman–Crippen MR) is 76.9 cm³/mol. The summed E-state index contributed by atoms with van der Waals surface area (Å²) in [6, 6.07) is 2.34. The molecule has 0 radical (unpaired) electrons. The van der Waals surface area contributed by atoms with Crippen molar-refractivity contribution in [2.75, 3.05) is 23.8 Å². The van der Waals surface area contributed by atoms with Crippen LogP contribution in [0.2, 0.25) is 0 Å². The van der Waals surface area contributed by atoms with Crippen LogP contribution in [0.3, 0.4) is 0 Å². The maximum atomic E-state index is 13.5. The van der Waals surface area contributed by atoms with Crippen LogP contribution in [0, 0.1) is 25.1 Å². The molecule has 0 atom stereocenters. The first-order valence-corrected chi connectivity index (χ1v) is 8.08. The first-order valence-electron chi connectivity index (χ1n) is 5.45. The lowest BCUT2D eigenvalue weighted by Crippen LogP contribution is -2.27. The third-order valence-electron chi connectivity index (χ3n) is 2.33. The number of hydrogen-bond acceptors (Lipinski definition) is 4. The van der Waals surface area contributed by atoms with Crippen LogP contribution in [0.1, 0.15) is 5.56 Å². The first-order chi connectivity index (χ1) is 8.88. The molecule has 7 heteroatoms. The van der Waals surface area contributed by atoms with Crippen LogP contribution in [-0.4, -0.2) is 26.5 Å². The summed E-state index contributed by atoms with van der Waals surface area (Å²) in [6.45, 7) is 1.63. The molecule has 0 amide bonds. The molecule has 0 unspecified atom stereocenters. The summed E-state index contributed by atoms with van der Waals surface area (Å²) >= 11 is 1.44. The molecule has 1 aromatic rings. The fraction of sp³-hybridized carbons (Fsp3) is 0.333. The molecule has 0 spiro atoms. The van der Waals surface area contributed by atoms with Gasteiger partial charge in [0.25, 0.3) is 0 Å². The van der Waals surface area contributed by atoms with Gasteiger partial charge in [-0.3, -0.25) is 0 Å². The van der Waals surface area contributed by atoms with Crippen molar-refractivity contribution in [2.24, 2.45) is 0 Å². The predicted octanol–water partition coefficient (Wildman–Crippen LogP) is 1.36. The topological polar surface area (TPSA) is 72.2 Å². The van der Waals surface area contributed by atoms with E-state index in [0.717, 1.165) is 6.07 Å². The molecule has 0 fully saturated rings. The second-order valence-electron chi connectivity index (χ2n) is 3.78. The lowest BCUT2D eigenvalue weighted by molar-refractivity contribution is 0.577. The average Bonchev–Trinajstić information content (AvgIpc) is 2.33. The van der Waals surface area contributed by atoms with Crippen LogP contribution in [0.4, 0.5) is 10.1 Å². The number of nitrogens with one attached hydrogen (secondary N) is 1. The average molecular weight is 302 g/mol. The molecule has 1 aromatic carbocycles. The highest BCUT2D eigenvalue weighted by Gasteiger charge is 2.19. The number of rotatable bonds is 6. The standard InChI is InChI=1S/C12H15FN2O2S2/c1-3-5-18-6-4-15-19(16,17)12-8-10(14)7-11(13)9(12)2/h1,7-8,15H,4-6,14H2,2H3. The van der Waals surface area contributed by atoms with Crippen LogP contribution in [0.5, 0.6) is 0 Å². The normalized spacial score (nSPS) is 11.2. The van der Waals surface area contributed by atoms with E-state index in [1.165, 1.54) is 24.8 Å². The summed E-state index contributed by atoms with van der Waals surface area (Å²) < 4.78 is 39.9. The highest BCUT2D eigenvalue weighted by molar-refractivity contribution is 7.99. The van der Waals surface area contributed by atoms with Crippen molar-refractivity contribution in [3.05, 3.63) is 23.5 Å². The molecule has 0 aliphatic heterocycles. The van der Waals surface area contributed by atoms with E-state index >= 15 is 0 Å². The highest BCUT2D eigenvalue weighted by Crippen LogP contribution is 2.21. The van der Waals surface area contributed by atoms with Gasteiger partial charge < -0.3 is 5.73 Å². The van der Waals surface area contributed by atoms with E-state index in [9.17, 15) is 12.8 Å². The zero-order valence-corrected chi connectivity index (χ0v) is 12.1. The summed E-state index contributed by atoms with van der Waals surface area (Å²) in [7, 11) is -3.76. The Morgan fingerprint density at radius 3 is 2.84 bits per heavy atom. The van der Waals surface area contributed by atoms with Gasteiger partial charge in [-0.25, -0.2) is 17.5 Å². The zero-order chi connectivity index (χ0) is 14.5. The molecule has 0 aromatic heterocycles. The summed E-state index contributed by atoms with van der Waals surface area (Å²) in [5.41, 5.74) is 5.59. The summed E-state index contributed by atoms with van der Waals surface area (Å²) in [5, 5.41) is 0. The van der Waals surface area contributed by atoms with Crippen molar-refractivity contribution in [1.29, 1.82) is 0 Å². The first kappa shape index (κ1) is 15.8. The monoisotopic (exact) mass is 302 g/mol. The van der Waals surface area contributed by atoms with Gasteiger partial charge in [0, 0.05) is 23.5 Å².